The lowest BCUT2D eigenvalue weighted by Crippen LogP contribution is -3.15. The van der Waals surface area contributed by atoms with Crippen molar-refractivity contribution in [3.05, 3.63) is 34.4 Å². The zero-order chi connectivity index (χ0) is 15.4. The van der Waals surface area contributed by atoms with Crippen molar-refractivity contribution >= 4 is 11.4 Å². The number of benzene rings is 1. The van der Waals surface area contributed by atoms with E-state index in [9.17, 15) is 10.1 Å². The van der Waals surface area contributed by atoms with E-state index >= 15 is 0 Å². The number of nitrogens with one attached hydrogen (secondary N) is 1. The third-order valence-corrected chi connectivity index (χ3v) is 5.20. The van der Waals surface area contributed by atoms with Gasteiger partial charge in [-0.2, -0.15) is 0 Å². The summed E-state index contributed by atoms with van der Waals surface area (Å²) in [6.45, 7) is 5.83. The Morgan fingerprint density at radius 2 is 1.73 bits per heavy atom. The highest BCUT2D eigenvalue weighted by Gasteiger charge is 2.24. The summed E-state index contributed by atoms with van der Waals surface area (Å²) < 4.78 is 0. The van der Waals surface area contributed by atoms with Crippen molar-refractivity contribution in [2.75, 3.05) is 37.6 Å². The molecule has 0 atom stereocenters. The van der Waals surface area contributed by atoms with Crippen LogP contribution in [-0.4, -0.2) is 37.6 Å². The van der Waals surface area contributed by atoms with Gasteiger partial charge in [0.05, 0.1) is 37.6 Å². The molecule has 1 aliphatic carbocycles. The summed E-state index contributed by atoms with van der Waals surface area (Å²) in [4.78, 5) is 14.5. The molecule has 1 aromatic rings. The molecule has 0 amide bonds. The standard InChI is InChI=1S/C17H25N3O2/c21-20(22)17-8-6-16(7-9-17)19-12-10-18(11-13-19)14-15-4-2-1-3-5-15/h6-9,15H,1-5,10-14H2/p+1. The number of rotatable bonds is 4. The highest BCUT2D eigenvalue weighted by Crippen LogP contribution is 2.22. The maximum absolute atomic E-state index is 10.7. The van der Waals surface area contributed by atoms with E-state index in [0.29, 0.717) is 0 Å². The lowest BCUT2D eigenvalue weighted by Gasteiger charge is -2.35. The van der Waals surface area contributed by atoms with Crippen LogP contribution in [0.25, 0.3) is 0 Å². The molecular weight excluding hydrogens is 278 g/mol. The van der Waals surface area contributed by atoms with Gasteiger partial charge in [0.1, 0.15) is 0 Å². The van der Waals surface area contributed by atoms with E-state index in [1.54, 1.807) is 17.0 Å². The van der Waals surface area contributed by atoms with Crippen molar-refractivity contribution in [2.24, 2.45) is 5.92 Å². The molecule has 120 valence electrons. The number of nitro groups is 1. The molecule has 2 aliphatic rings. The van der Waals surface area contributed by atoms with Crippen molar-refractivity contribution in [3.63, 3.8) is 0 Å². The number of hydrogen-bond donors (Lipinski definition) is 1. The zero-order valence-corrected chi connectivity index (χ0v) is 13.2. The lowest BCUT2D eigenvalue weighted by atomic mass is 9.89. The van der Waals surface area contributed by atoms with Crippen LogP contribution >= 0.6 is 0 Å². The van der Waals surface area contributed by atoms with Crippen molar-refractivity contribution in [2.45, 2.75) is 32.1 Å². The van der Waals surface area contributed by atoms with Gasteiger partial charge in [-0.05, 0) is 25.0 Å². The van der Waals surface area contributed by atoms with Crippen molar-refractivity contribution in [3.8, 4) is 0 Å². The van der Waals surface area contributed by atoms with Gasteiger partial charge in [-0.15, -0.1) is 0 Å². The second-order valence-electron chi connectivity index (χ2n) is 6.72. The number of nitro benzene ring substituents is 1. The molecule has 0 bridgehead atoms. The predicted octanol–water partition coefficient (Wildman–Crippen LogP) is 1.88. The lowest BCUT2D eigenvalue weighted by molar-refractivity contribution is -0.904. The first kappa shape index (κ1) is 15.3. The first-order chi connectivity index (χ1) is 10.7. The summed E-state index contributed by atoms with van der Waals surface area (Å²) in [6.07, 6.45) is 7.13. The molecule has 2 fully saturated rings. The second kappa shape index (κ2) is 7.09. The fourth-order valence-electron chi connectivity index (χ4n) is 3.87. The minimum Gasteiger partial charge on any atom is -0.360 e. The van der Waals surface area contributed by atoms with Gasteiger partial charge in [-0.25, -0.2) is 0 Å². The number of hydrogen-bond acceptors (Lipinski definition) is 3. The molecule has 1 aromatic carbocycles. The normalized spacial score (nSPS) is 21.0. The summed E-state index contributed by atoms with van der Waals surface area (Å²) in [5.74, 6) is 0.940. The Labute approximate surface area is 132 Å². The van der Waals surface area contributed by atoms with Gasteiger partial charge in [0.25, 0.3) is 5.69 Å². The third kappa shape index (κ3) is 3.77. The smallest absolute Gasteiger partial charge is 0.269 e. The molecule has 1 saturated heterocycles. The molecule has 0 aromatic heterocycles. The molecule has 0 spiro atoms. The number of quaternary nitrogens is 1. The van der Waals surface area contributed by atoms with Gasteiger partial charge < -0.3 is 9.80 Å². The zero-order valence-electron chi connectivity index (χ0n) is 13.2. The molecule has 0 unspecified atom stereocenters. The third-order valence-electron chi connectivity index (χ3n) is 5.20. The summed E-state index contributed by atoms with van der Waals surface area (Å²) in [5, 5.41) is 10.7. The second-order valence-corrected chi connectivity index (χ2v) is 6.72. The van der Waals surface area contributed by atoms with E-state index in [1.165, 1.54) is 51.7 Å². The van der Waals surface area contributed by atoms with Gasteiger partial charge in [-0.3, -0.25) is 10.1 Å². The maximum Gasteiger partial charge on any atom is 0.269 e. The summed E-state index contributed by atoms with van der Waals surface area (Å²) in [6, 6.07) is 6.97. The molecule has 5 nitrogen and oxygen atoms in total. The van der Waals surface area contributed by atoms with E-state index in [1.807, 2.05) is 12.1 Å². The quantitative estimate of drug-likeness (QED) is 0.682. The van der Waals surface area contributed by atoms with Gasteiger partial charge >= 0.3 is 0 Å². The van der Waals surface area contributed by atoms with Crippen LogP contribution in [0.2, 0.25) is 0 Å². The van der Waals surface area contributed by atoms with Crippen molar-refractivity contribution in [1.82, 2.24) is 0 Å². The Morgan fingerprint density at radius 3 is 2.32 bits per heavy atom. The molecule has 3 rings (SSSR count). The van der Waals surface area contributed by atoms with Crippen LogP contribution in [0.15, 0.2) is 24.3 Å². The topological polar surface area (TPSA) is 50.8 Å². The van der Waals surface area contributed by atoms with Gasteiger partial charge in [0, 0.05) is 23.7 Å². The Morgan fingerprint density at radius 1 is 1.09 bits per heavy atom. The molecule has 22 heavy (non-hydrogen) atoms. The van der Waals surface area contributed by atoms with E-state index in [2.05, 4.69) is 4.90 Å². The first-order valence-electron chi connectivity index (χ1n) is 8.55. The summed E-state index contributed by atoms with van der Waals surface area (Å²) in [5.41, 5.74) is 1.28. The summed E-state index contributed by atoms with van der Waals surface area (Å²) >= 11 is 0. The van der Waals surface area contributed by atoms with Gasteiger partial charge in [0.2, 0.25) is 0 Å². The predicted molar refractivity (Wildman–Crippen MR) is 87.4 cm³/mol. The molecule has 1 saturated carbocycles. The van der Waals surface area contributed by atoms with Gasteiger partial charge in [-0.1, -0.05) is 19.3 Å². The van der Waals surface area contributed by atoms with Crippen LogP contribution in [0, 0.1) is 16.0 Å². The van der Waals surface area contributed by atoms with Gasteiger partial charge in [0.15, 0.2) is 0 Å². The van der Waals surface area contributed by atoms with E-state index in [4.69, 9.17) is 0 Å². The monoisotopic (exact) mass is 304 g/mol. The van der Waals surface area contributed by atoms with Crippen LogP contribution in [0.5, 0.6) is 0 Å². The Bertz CT molecular complexity index is 489. The molecular formula is C17H26N3O2+. The highest BCUT2D eigenvalue weighted by molar-refractivity contribution is 5.50. The average Bonchev–Trinajstić information content (AvgIpc) is 2.57. The SMILES string of the molecule is O=[N+]([O-])c1ccc(N2CC[NH+](CC3CCCCC3)CC2)cc1. The molecule has 1 N–H and O–H groups in total. The molecule has 5 heteroatoms. The van der Waals surface area contributed by atoms with Crippen LogP contribution in [0.4, 0.5) is 11.4 Å². The minimum absolute atomic E-state index is 0.172. The van der Waals surface area contributed by atoms with Crippen LogP contribution in [-0.2, 0) is 0 Å². The number of piperazine rings is 1. The van der Waals surface area contributed by atoms with Crippen LogP contribution < -0.4 is 9.80 Å². The molecule has 1 aliphatic heterocycles. The van der Waals surface area contributed by atoms with Crippen molar-refractivity contribution in [1.29, 1.82) is 0 Å². The van der Waals surface area contributed by atoms with E-state index in [-0.39, 0.29) is 10.6 Å². The molecule has 0 radical (unpaired) electrons. The molecule has 1 heterocycles. The van der Waals surface area contributed by atoms with E-state index < -0.39 is 0 Å². The first-order valence-corrected chi connectivity index (χ1v) is 8.55. The van der Waals surface area contributed by atoms with E-state index in [0.717, 1.165) is 24.7 Å². The number of nitrogens with zero attached hydrogens (tertiary/aromatic N) is 2. The number of anilines is 1. The van der Waals surface area contributed by atoms with Crippen LogP contribution in [0.3, 0.4) is 0 Å². The fourth-order valence-corrected chi connectivity index (χ4v) is 3.87. The maximum atomic E-state index is 10.7. The average molecular weight is 304 g/mol. The van der Waals surface area contributed by atoms with Crippen LogP contribution in [0.1, 0.15) is 32.1 Å². The number of non-ortho nitro benzene ring substituents is 1. The highest BCUT2D eigenvalue weighted by atomic mass is 16.6. The fraction of sp³-hybridized carbons (Fsp3) is 0.647. The Hall–Kier alpha value is -1.62. The van der Waals surface area contributed by atoms with Crippen molar-refractivity contribution < 1.29 is 9.82 Å². The largest absolute Gasteiger partial charge is 0.360 e. The minimum atomic E-state index is -0.337. The Kier molecular flexibility index (Phi) is 4.93. The Balaban J connectivity index is 1.49. The summed E-state index contributed by atoms with van der Waals surface area (Å²) in [7, 11) is 0.